The molecule has 0 aliphatic carbocycles. The number of nitrogens with one attached hydrogen (secondary N) is 1. The van der Waals surface area contributed by atoms with Gasteiger partial charge in [-0.25, -0.2) is 0 Å². The van der Waals surface area contributed by atoms with Crippen molar-refractivity contribution >= 4 is 28.2 Å². The van der Waals surface area contributed by atoms with E-state index < -0.39 is 0 Å². The lowest BCUT2D eigenvalue weighted by molar-refractivity contribution is -0.116. The van der Waals surface area contributed by atoms with Gasteiger partial charge in [0.25, 0.3) is 5.91 Å². The minimum atomic E-state index is -0.0538. The molecule has 27 heavy (non-hydrogen) atoms. The van der Waals surface area contributed by atoms with Crippen molar-refractivity contribution in [3.8, 4) is 10.4 Å². The number of hydrogen-bond acceptors (Lipinski definition) is 4. The van der Waals surface area contributed by atoms with Crippen LogP contribution in [0.2, 0.25) is 0 Å². The average molecular weight is 387 g/mol. The molecule has 144 valence electrons. The molecule has 2 amide bonds. The predicted molar refractivity (Wildman–Crippen MR) is 109 cm³/mol. The zero-order valence-corrected chi connectivity index (χ0v) is 16.9. The summed E-state index contributed by atoms with van der Waals surface area (Å²) >= 11 is 1.48. The van der Waals surface area contributed by atoms with Gasteiger partial charge in [-0.15, -0.1) is 11.3 Å². The number of carbonyl (C=O) groups is 2. The highest BCUT2D eigenvalue weighted by molar-refractivity contribution is 7.20. The number of amides is 2. The topological polar surface area (TPSA) is 58.6 Å². The second kappa shape index (κ2) is 8.67. The molecule has 1 N–H and O–H groups in total. The van der Waals surface area contributed by atoms with Crippen LogP contribution in [0.4, 0.5) is 5.00 Å². The maximum atomic E-state index is 13.2. The first-order valence-corrected chi connectivity index (χ1v) is 10.1. The van der Waals surface area contributed by atoms with Gasteiger partial charge >= 0.3 is 0 Å². The Bertz CT molecular complexity index is 808. The minimum absolute atomic E-state index is 0.0333. The molecule has 0 bridgehead atoms. The van der Waals surface area contributed by atoms with Gasteiger partial charge in [-0.1, -0.05) is 44.2 Å². The molecule has 1 aromatic carbocycles. The quantitative estimate of drug-likeness (QED) is 0.839. The average Bonchev–Trinajstić information content (AvgIpc) is 2.97. The van der Waals surface area contributed by atoms with E-state index in [-0.39, 0.29) is 17.7 Å². The van der Waals surface area contributed by atoms with Crippen molar-refractivity contribution in [2.24, 2.45) is 5.92 Å². The Morgan fingerprint density at radius 3 is 2.48 bits per heavy atom. The molecule has 0 radical (unpaired) electrons. The highest BCUT2D eigenvalue weighted by Crippen LogP contribution is 2.40. The molecule has 0 spiro atoms. The number of rotatable bonds is 5. The molecule has 0 saturated carbocycles. The Morgan fingerprint density at radius 1 is 1.19 bits per heavy atom. The van der Waals surface area contributed by atoms with Crippen molar-refractivity contribution in [2.75, 3.05) is 31.6 Å². The van der Waals surface area contributed by atoms with Crippen LogP contribution in [0.15, 0.2) is 30.3 Å². The summed E-state index contributed by atoms with van der Waals surface area (Å²) in [5.41, 5.74) is 2.58. The van der Waals surface area contributed by atoms with E-state index in [1.165, 1.54) is 11.3 Å². The SMILES string of the molecule is Cc1c(-c2ccccc2)sc(NC(=O)CC(C)C)c1C(=O)N1CCOCC1. The summed E-state index contributed by atoms with van der Waals surface area (Å²) in [6.07, 6.45) is 0.433. The predicted octanol–water partition coefficient (Wildman–Crippen LogP) is 4.18. The number of carbonyl (C=O) groups excluding carboxylic acids is 2. The van der Waals surface area contributed by atoms with Crippen LogP contribution in [0.25, 0.3) is 10.4 Å². The second-order valence-corrected chi connectivity index (χ2v) is 8.20. The molecular formula is C21H26N2O3S. The van der Waals surface area contributed by atoms with Crippen molar-refractivity contribution in [2.45, 2.75) is 27.2 Å². The van der Waals surface area contributed by atoms with Crippen LogP contribution in [0.3, 0.4) is 0 Å². The van der Waals surface area contributed by atoms with Gasteiger partial charge < -0.3 is 15.0 Å². The van der Waals surface area contributed by atoms with E-state index >= 15 is 0 Å². The van der Waals surface area contributed by atoms with Gasteiger partial charge in [0.2, 0.25) is 5.91 Å². The fraction of sp³-hybridized carbons (Fsp3) is 0.429. The van der Waals surface area contributed by atoms with Crippen LogP contribution in [-0.2, 0) is 9.53 Å². The third-order valence-electron chi connectivity index (χ3n) is 4.54. The van der Waals surface area contributed by atoms with Crippen molar-refractivity contribution < 1.29 is 14.3 Å². The Morgan fingerprint density at radius 2 is 1.85 bits per heavy atom. The standard InChI is InChI=1S/C21H26N2O3S/c1-14(2)13-17(24)22-20-18(21(25)23-9-11-26-12-10-23)15(3)19(27-20)16-7-5-4-6-8-16/h4-8,14H,9-13H2,1-3H3,(H,22,24). The van der Waals surface area contributed by atoms with Gasteiger partial charge in [0.15, 0.2) is 0 Å². The number of thiophene rings is 1. The van der Waals surface area contributed by atoms with E-state index in [0.717, 1.165) is 16.0 Å². The number of hydrogen-bond donors (Lipinski definition) is 1. The molecule has 6 heteroatoms. The van der Waals surface area contributed by atoms with Gasteiger partial charge in [0.1, 0.15) is 5.00 Å². The van der Waals surface area contributed by atoms with Crippen LogP contribution >= 0.6 is 11.3 Å². The van der Waals surface area contributed by atoms with Crippen molar-refractivity contribution in [1.29, 1.82) is 0 Å². The summed E-state index contributed by atoms with van der Waals surface area (Å²) in [5, 5.41) is 3.64. The number of ether oxygens (including phenoxy) is 1. The molecule has 1 aliphatic heterocycles. The number of morpholine rings is 1. The third-order valence-corrected chi connectivity index (χ3v) is 5.80. The fourth-order valence-electron chi connectivity index (χ4n) is 3.20. The highest BCUT2D eigenvalue weighted by Gasteiger charge is 2.27. The van der Waals surface area contributed by atoms with Gasteiger partial charge in [-0.2, -0.15) is 0 Å². The molecule has 2 aromatic rings. The number of nitrogens with zero attached hydrogens (tertiary/aromatic N) is 1. The fourth-order valence-corrected chi connectivity index (χ4v) is 4.42. The summed E-state index contributed by atoms with van der Waals surface area (Å²) in [6, 6.07) is 9.99. The van der Waals surface area contributed by atoms with Crippen LogP contribution in [0.5, 0.6) is 0 Å². The van der Waals surface area contributed by atoms with Crippen LogP contribution in [0, 0.1) is 12.8 Å². The first-order chi connectivity index (χ1) is 13.0. The Kier molecular flexibility index (Phi) is 6.29. The van der Waals surface area contributed by atoms with E-state index in [9.17, 15) is 9.59 Å². The molecular weight excluding hydrogens is 360 g/mol. The zero-order valence-electron chi connectivity index (χ0n) is 16.1. The largest absolute Gasteiger partial charge is 0.378 e. The number of anilines is 1. The summed E-state index contributed by atoms with van der Waals surface area (Å²) in [5.74, 6) is 0.175. The first-order valence-electron chi connectivity index (χ1n) is 9.33. The van der Waals surface area contributed by atoms with Gasteiger partial charge in [-0.3, -0.25) is 9.59 Å². The smallest absolute Gasteiger partial charge is 0.257 e. The van der Waals surface area contributed by atoms with Crippen LogP contribution < -0.4 is 5.32 Å². The highest BCUT2D eigenvalue weighted by atomic mass is 32.1. The van der Waals surface area contributed by atoms with Crippen molar-refractivity contribution in [1.82, 2.24) is 4.90 Å². The summed E-state index contributed by atoms with van der Waals surface area (Å²) in [6.45, 7) is 8.24. The Balaban J connectivity index is 1.98. The molecule has 1 aliphatic rings. The molecule has 0 atom stereocenters. The lowest BCUT2D eigenvalue weighted by Crippen LogP contribution is -2.41. The molecule has 0 unspecified atom stereocenters. The normalized spacial score (nSPS) is 14.4. The lowest BCUT2D eigenvalue weighted by Gasteiger charge is -2.27. The van der Waals surface area contributed by atoms with Crippen LogP contribution in [-0.4, -0.2) is 43.0 Å². The third kappa shape index (κ3) is 4.57. The van der Waals surface area contributed by atoms with Gasteiger partial charge in [0, 0.05) is 24.4 Å². The molecule has 3 rings (SSSR count). The molecule has 5 nitrogen and oxygen atoms in total. The summed E-state index contributed by atoms with van der Waals surface area (Å²) in [7, 11) is 0. The van der Waals surface area contributed by atoms with E-state index in [2.05, 4.69) is 5.32 Å². The number of benzene rings is 1. The summed E-state index contributed by atoms with van der Waals surface area (Å²) < 4.78 is 5.37. The maximum Gasteiger partial charge on any atom is 0.257 e. The van der Waals surface area contributed by atoms with Crippen molar-refractivity contribution in [3.05, 3.63) is 41.5 Å². The van der Waals surface area contributed by atoms with E-state index in [0.29, 0.717) is 43.3 Å². The second-order valence-electron chi connectivity index (χ2n) is 7.18. The lowest BCUT2D eigenvalue weighted by atomic mass is 10.1. The monoisotopic (exact) mass is 386 g/mol. The molecule has 1 aromatic heterocycles. The van der Waals surface area contributed by atoms with E-state index in [1.807, 2.05) is 56.0 Å². The maximum absolute atomic E-state index is 13.2. The molecule has 1 saturated heterocycles. The van der Waals surface area contributed by atoms with Gasteiger partial charge in [0.05, 0.1) is 18.8 Å². The Labute approximate surface area is 164 Å². The van der Waals surface area contributed by atoms with Gasteiger partial charge in [-0.05, 0) is 24.0 Å². The zero-order chi connectivity index (χ0) is 19.4. The van der Waals surface area contributed by atoms with Crippen LogP contribution in [0.1, 0.15) is 36.2 Å². The Hall–Kier alpha value is -2.18. The molecule has 1 fully saturated rings. The van der Waals surface area contributed by atoms with E-state index in [1.54, 1.807) is 0 Å². The minimum Gasteiger partial charge on any atom is -0.378 e. The first kappa shape index (κ1) is 19.6. The summed E-state index contributed by atoms with van der Waals surface area (Å²) in [4.78, 5) is 28.4. The molecule has 2 heterocycles. The van der Waals surface area contributed by atoms with Crippen molar-refractivity contribution in [3.63, 3.8) is 0 Å². The van der Waals surface area contributed by atoms with E-state index in [4.69, 9.17) is 4.74 Å².